The Morgan fingerprint density at radius 2 is 2.12 bits per heavy atom. The van der Waals surface area contributed by atoms with Crippen LogP contribution in [-0.4, -0.2) is 30.2 Å². The fraction of sp³-hybridized carbons (Fsp3) is 0.643. The summed E-state index contributed by atoms with van der Waals surface area (Å²) in [5.41, 5.74) is 1.32. The molecular formula is C14H23N3. The van der Waals surface area contributed by atoms with Gasteiger partial charge in [-0.25, -0.2) is 0 Å². The van der Waals surface area contributed by atoms with Gasteiger partial charge in [0.1, 0.15) is 0 Å². The van der Waals surface area contributed by atoms with E-state index in [1.54, 1.807) is 0 Å². The Bertz CT molecular complexity index is 323. The zero-order valence-electron chi connectivity index (χ0n) is 10.9. The molecule has 2 rings (SSSR count). The molecule has 0 bridgehead atoms. The summed E-state index contributed by atoms with van der Waals surface area (Å²) in [4.78, 5) is 6.63. The molecule has 17 heavy (non-hydrogen) atoms. The van der Waals surface area contributed by atoms with Crippen LogP contribution in [0.5, 0.6) is 0 Å². The minimum absolute atomic E-state index is 0.566. The van der Waals surface area contributed by atoms with Gasteiger partial charge >= 0.3 is 0 Å². The van der Waals surface area contributed by atoms with Crippen molar-refractivity contribution >= 4 is 5.69 Å². The van der Waals surface area contributed by atoms with E-state index in [1.165, 1.54) is 31.5 Å². The van der Waals surface area contributed by atoms with Gasteiger partial charge in [0.05, 0.1) is 0 Å². The smallest absolute Gasteiger partial charge is 0.0414 e. The predicted molar refractivity (Wildman–Crippen MR) is 72.4 cm³/mol. The van der Waals surface area contributed by atoms with E-state index >= 15 is 0 Å². The Kier molecular flexibility index (Phi) is 4.37. The second-order valence-electron chi connectivity index (χ2n) is 5.11. The Morgan fingerprint density at radius 1 is 1.35 bits per heavy atom. The summed E-state index contributed by atoms with van der Waals surface area (Å²) in [6, 6.07) is 5.44. The third-order valence-corrected chi connectivity index (χ3v) is 3.38. The molecule has 1 aliphatic heterocycles. The van der Waals surface area contributed by atoms with Crippen molar-refractivity contribution in [2.24, 2.45) is 0 Å². The molecule has 1 fully saturated rings. The molecule has 0 radical (unpaired) electrons. The van der Waals surface area contributed by atoms with Crippen molar-refractivity contribution in [3.05, 3.63) is 24.5 Å². The Hall–Kier alpha value is -1.09. The number of hydrogen-bond donors (Lipinski definition) is 1. The second kappa shape index (κ2) is 6.01. The van der Waals surface area contributed by atoms with Gasteiger partial charge in [0.15, 0.2) is 0 Å². The second-order valence-corrected chi connectivity index (χ2v) is 5.11. The number of pyridine rings is 1. The third-order valence-electron chi connectivity index (χ3n) is 3.38. The number of nitrogens with zero attached hydrogens (tertiary/aromatic N) is 2. The number of nitrogens with one attached hydrogen (secondary N) is 1. The van der Waals surface area contributed by atoms with Gasteiger partial charge in [-0.3, -0.25) is 4.98 Å². The number of anilines is 1. The van der Waals surface area contributed by atoms with E-state index in [0.717, 1.165) is 6.54 Å². The first-order valence-corrected chi connectivity index (χ1v) is 6.67. The summed E-state index contributed by atoms with van der Waals surface area (Å²) in [6.07, 6.45) is 7.72. The van der Waals surface area contributed by atoms with Crippen LogP contribution in [0.3, 0.4) is 0 Å². The molecule has 1 aromatic heterocycles. The average Bonchev–Trinajstić information content (AvgIpc) is 2.38. The molecule has 3 heteroatoms. The van der Waals surface area contributed by atoms with Crippen molar-refractivity contribution in [2.75, 3.05) is 18.0 Å². The largest absolute Gasteiger partial charge is 0.367 e. The number of piperidine rings is 1. The molecule has 0 aromatic carbocycles. The van der Waals surface area contributed by atoms with E-state index in [4.69, 9.17) is 0 Å². The van der Waals surface area contributed by atoms with Crippen LogP contribution in [0.15, 0.2) is 24.5 Å². The van der Waals surface area contributed by atoms with Crippen molar-refractivity contribution in [1.29, 1.82) is 0 Å². The van der Waals surface area contributed by atoms with Gasteiger partial charge in [0.2, 0.25) is 0 Å². The SMILES string of the molecule is CC(C)NCC1CCCCN1c1ccncc1. The number of rotatable bonds is 4. The third kappa shape index (κ3) is 3.43. The van der Waals surface area contributed by atoms with Gasteiger partial charge in [0.25, 0.3) is 0 Å². The van der Waals surface area contributed by atoms with Gasteiger partial charge in [-0.15, -0.1) is 0 Å². The molecule has 0 saturated carbocycles. The first-order chi connectivity index (χ1) is 8.27. The molecule has 94 valence electrons. The van der Waals surface area contributed by atoms with E-state index < -0.39 is 0 Å². The summed E-state index contributed by atoms with van der Waals surface area (Å²) in [6.45, 7) is 6.67. The quantitative estimate of drug-likeness (QED) is 0.865. The molecule has 1 aromatic rings. The molecular weight excluding hydrogens is 210 g/mol. The van der Waals surface area contributed by atoms with Crippen molar-refractivity contribution in [3.63, 3.8) is 0 Å². The summed E-state index contributed by atoms with van der Waals surface area (Å²) in [7, 11) is 0. The molecule has 0 aliphatic carbocycles. The topological polar surface area (TPSA) is 28.2 Å². The maximum absolute atomic E-state index is 4.10. The lowest BCUT2D eigenvalue weighted by Crippen LogP contribution is -2.46. The average molecular weight is 233 g/mol. The standard InChI is InChI=1S/C14H23N3/c1-12(2)16-11-14-5-3-4-10-17(14)13-6-8-15-9-7-13/h6-9,12,14,16H,3-5,10-11H2,1-2H3. The minimum atomic E-state index is 0.566. The molecule has 1 aliphatic rings. The predicted octanol–water partition coefficient (Wildman–Crippen LogP) is 2.44. The number of aromatic nitrogens is 1. The van der Waals surface area contributed by atoms with Crippen molar-refractivity contribution in [3.8, 4) is 0 Å². The molecule has 1 saturated heterocycles. The van der Waals surface area contributed by atoms with Gasteiger partial charge in [-0.2, -0.15) is 0 Å². The zero-order valence-corrected chi connectivity index (χ0v) is 10.9. The van der Waals surface area contributed by atoms with Crippen LogP contribution in [0.1, 0.15) is 33.1 Å². The molecule has 1 atom stereocenters. The van der Waals surface area contributed by atoms with Gasteiger partial charge in [-0.1, -0.05) is 13.8 Å². The van der Waals surface area contributed by atoms with Crippen LogP contribution < -0.4 is 10.2 Å². The lowest BCUT2D eigenvalue weighted by molar-refractivity contribution is 0.421. The lowest BCUT2D eigenvalue weighted by atomic mass is 10.0. The molecule has 1 unspecified atom stereocenters. The fourth-order valence-corrected chi connectivity index (χ4v) is 2.46. The maximum atomic E-state index is 4.10. The van der Waals surface area contributed by atoms with E-state index in [0.29, 0.717) is 12.1 Å². The maximum Gasteiger partial charge on any atom is 0.0414 e. The van der Waals surface area contributed by atoms with E-state index in [1.807, 2.05) is 12.4 Å². The zero-order chi connectivity index (χ0) is 12.1. The highest BCUT2D eigenvalue weighted by molar-refractivity contribution is 5.46. The van der Waals surface area contributed by atoms with Crippen molar-refractivity contribution < 1.29 is 0 Å². The first kappa shape index (κ1) is 12.4. The fourth-order valence-electron chi connectivity index (χ4n) is 2.46. The van der Waals surface area contributed by atoms with Crippen LogP contribution in [0.2, 0.25) is 0 Å². The van der Waals surface area contributed by atoms with E-state index in [2.05, 4.69) is 41.2 Å². The summed E-state index contributed by atoms with van der Waals surface area (Å²) in [5, 5.41) is 3.56. The monoisotopic (exact) mass is 233 g/mol. The van der Waals surface area contributed by atoms with Crippen LogP contribution in [0, 0.1) is 0 Å². The van der Waals surface area contributed by atoms with E-state index in [9.17, 15) is 0 Å². The summed E-state index contributed by atoms with van der Waals surface area (Å²) >= 11 is 0. The molecule has 3 nitrogen and oxygen atoms in total. The Morgan fingerprint density at radius 3 is 2.82 bits per heavy atom. The molecule has 0 amide bonds. The summed E-state index contributed by atoms with van der Waals surface area (Å²) < 4.78 is 0. The molecule has 1 N–H and O–H groups in total. The van der Waals surface area contributed by atoms with Gasteiger partial charge in [-0.05, 0) is 31.4 Å². The van der Waals surface area contributed by atoms with Crippen LogP contribution in [0.4, 0.5) is 5.69 Å². The highest BCUT2D eigenvalue weighted by Gasteiger charge is 2.22. The van der Waals surface area contributed by atoms with E-state index in [-0.39, 0.29) is 0 Å². The number of hydrogen-bond acceptors (Lipinski definition) is 3. The molecule has 0 spiro atoms. The summed E-state index contributed by atoms with van der Waals surface area (Å²) in [5.74, 6) is 0. The highest BCUT2D eigenvalue weighted by atomic mass is 15.2. The highest BCUT2D eigenvalue weighted by Crippen LogP contribution is 2.23. The Balaban J connectivity index is 2.02. The van der Waals surface area contributed by atoms with Gasteiger partial charge < -0.3 is 10.2 Å². The van der Waals surface area contributed by atoms with Crippen molar-refractivity contribution in [1.82, 2.24) is 10.3 Å². The Labute approximate surface area is 104 Å². The normalized spacial score (nSPS) is 20.9. The minimum Gasteiger partial charge on any atom is -0.367 e. The van der Waals surface area contributed by atoms with Crippen LogP contribution >= 0.6 is 0 Å². The van der Waals surface area contributed by atoms with Crippen LogP contribution in [0.25, 0.3) is 0 Å². The van der Waals surface area contributed by atoms with Crippen molar-refractivity contribution in [2.45, 2.75) is 45.2 Å². The van der Waals surface area contributed by atoms with Crippen LogP contribution in [-0.2, 0) is 0 Å². The van der Waals surface area contributed by atoms with Gasteiger partial charge in [0, 0.05) is 43.3 Å². The molecule has 2 heterocycles. The lowest BCUT2D eigenvalue weighted by Gasteiger charge is -2.38. The first-order valence-electron chi connectivity index (χ1n) is 6.67.